The Labute approximate surface area is 230 Å². The Kier molecular flexibility index (Phi) is 9.20. The SMILES string of the molecule is COCC(=O)N1CC(NCc2ccc3ccccc3c2)C(=O)N(CC(=O)N[C@H](C=O)CC(=O)O)c2ccccc21. The van der Waals surface area contributed by atoms with E-state index in [-0.39, 0.29) is 19.1 Å². The van der Waals surface area contributed by atoms with Crippen LogP contribution in [-0.2, 0) is 35.3 Å². The normalized spacial score (nSPS) is 15.7. The van der Waals surface area contributed by atoms with Gasteiger partial charge >= 0.3 is 5.97 Å². The topological polar surface area (TPSA) is 145 Å². The summed E-state index contributed by atoms with van der Waals surface area (Å²) in [6.45, 7) is -0.396. The summed E-state index contributed by atoms with van der Waals surface area (Å²) in [5.41, 5.74) is 1.66. The third kappa shape index (κ3) is 6.68. The number of hydrogen-bond donors (Lipinski definition) is 3. The largest absolute Gasteiger partial charge is 0.481 e. The standard InChI is InChI=1S/C29H30N4O7/c1-40-18-27(36)32-15-23(30-14-19-10-11-20-6-2-3-7-21(20)12-19)29(39)33(25-9-5-4-8-24(25)32)16-26(35)31-22(17-34)13-28(37)38/h2-12,17,22-23,30H,13-16,18H2,1H3,(H,31,35)(H,37,38)/t22-,23?/m0/s1. The van der Waals surface area contributed by atoms with Crippen molar-refractivity contribution in [2.24, 2.45) is 0 Å². The zero-order valence-corrected chi connectivity index (χ0v) is 21.9. The lowest BCUT2D eigenvalue weighted by atomic mass is 10.1. The molecule has 0 saturated heterocycles. The Hall–Kier alpha value is -4.61. The van der Waals surface area contributed by atoms with E-state index in [2.05, 4.69) is 10.6 Å². The van der Waals surface area contributed by atoms with Crippen LogP contribution in [-0.4, -0.2) is 74.0 Å². The van der Waals surface area contributed by atoms with Crippen molar-refractivity contribution in [2.45, 2.75) is 25.0 Å². The first-order valence-corrected chi connectivity index (χ1v) is 12.7. The number of methoxy groups -OCH3 is 1. The molecular formula is C29H30N4O7. The highest BCUT2D eigenvalue weighted by Gasteiger charge is 2.36. The number of hydrogen-bond acceptors (Lipinski definition) is 7. The molecule has 3 aromatic rings. The summed E-state index contributed by atoms with van der Waals surface area (Å²) in [7, 11) is 1.40. The van der Waals surface area contributed by atoms with Gasteiger partial charge < -0.3 is 30.2 Å². The number of nitrogens with one attached hydrogen (secondary N) is 2. The van der Waals surface area contributed by atoms with Crippen molar-refractivity contribution in [1.29, 1.82) is 0 Å². The van der Waals surface area contributed by atoms with Gasteiger partial charge in [-0.05, 0) is 34.5 Å². The number of nitrogens with zero attached hydrogens (tertiary/aromatic N) is 2. The van der Waals surface area contributed by atoms with E-state index in [4.69, 9.17) is 9.84 Å². The average Bonchev–Trinajstić information content (AvgIpc) is 3.06. The minimum atomic E-state index is -1.25. The molecule has 3 amide bonds. The van der Waals surface area contributed by atoms with Gasteiger partial charge in [0, 0.05) is 13.7 Å². The van der Waals surface area contributed by atoms with Crippen molar-refractivity contribution in [1.82, 2.24) is 10.6 Å². The summed E-state index contributed by atoms with van der Waals surface area (Å²) in [4.78, 5) is 64.9. The maximum Gasteiger partial charge on any atom is 0.305 e. The lowest BCUT2D eigenvalue weighted by molar-refractivity contribution is -0.139. The quantitative estimate of drug-likeness (QED) is 0.307. The molecule has 11 nitrogen and oxygen atoms in total. The Balaban J connectivity index is 1.63. The molecule has 40 heavy (non-hydrogen) atoms. The Morgan fingerprint density at radius 3 is 2.45 bits per heavy atom. The lowest BCUT2D eigenvalue weighted by Gasteiger charge is -2.25. The number of carbonyl (C=O) groups excluding carboxylic acids is 4. The summed E-state index contributed by atoms with van der Waals surface area (Å²) in [6, 6.07) is 18.4. The summed E-state index contributed by atoms with van der Waals surface area (Å²) < 4.78 is 5.07. The molecule has 3 N–H and O–H groups in total. The second-order valence-electron chi connectivity index (χ2n) is 9.37. The first-order valence-electron chi connectivity index (χ1n) is 12.7. The Bertz CT molecular complexity index is 1430. The van der Waals surface area contributed by atoms with Gasteiger partial charge in [-0.15, -0.1) is 0 Å². The zero-order valence-electron chi connectivity index (χ0n) is 21.9. The van der Waals surface area contributed by atoms with Gasteiger partial charge in [-0.3, -0.25) is 24.1 Å². The Morgan fingerprint density at radius 2 is 1.75 bits per heavy atom. The number of anilines is 2. The fourth-order valence-corrected chi connectivity index (χ4v) is 4.65. The third-order valence-corrected chi connectivity index (χ3v) is 6.53. The van der Waals surface area contributed by atoms with Gasteiger partial charge in [-0.2, -0.15) is 0 Å². The maximum atomic E-state index is 13.9. The number of benzene rings is 3. The number of carbonyl (C=O) groups is 5. The molecule has 0 bridgehead atoms. The highest BCUT2D eigenvalue weighted by atomic mass is 16.5. The van der Waals surface area contributed by atoms with Gasteiger partial charge in [0.05, 0.1) is 30.4 Å². The number of amides is 3. The van der Waals surface area contributed by atoms with Crippen LogP contribution >= 0.6 is 0 Å². The molecule has 2 atom stereocenters. The Morgan fingerprint density at radius 1 is 1.05 bits per heavy atom. The fourth-order valence-electron chi connectivity index (χ4n) is 4.65. The van der Waals surface area contributed by atoms with Crippen molar-refractivity contribution in [3.05, 3.63) is 72.3 Å². The van der Waals surface area contributed by atoms with Crippen LogP contribution in [0.15, 0.2) is 66.7 Å². The van der Waals surface area contributed by atoms with Gasteiger partial charge in [0.15, 0.2) is 0 Å². The van der Waals surface area contributed by atoms with Gasteiger partial charge in [-0.25, -0.2) is 0 Å². The number of aldehydes is 1. The fraction of sp³-hybridized carbons (Fsp3) is 0.276. The highest BCUT2D eigenvalue weighted by Crippen LogP contribution is 2.33. The first kappa shape index (κ1) is 28.4. The monoisotopic (exact) mass is 546 g/mol. The summed E-state index contributed by atoms with van der Waals surface area (Å²) in [5, 5.41) is 16.7. The summed E-state index contributed by atoms with van der Waals surface area (Å²) in [5.74, 6) is -2.80. The van der Waals surface area contributed by atoms with Gasteiger partial charge in [0.2, 0.25) is 11.8 Å². The van der Waals surface area contributed by atoms with Crippen LogP contribution in [0, 0.1) is 0 Å². The molecule has 0 aliphatic carbocycles. The van der Waals surface area contributed by atoms with Gasteiger partial charge in [0.25, 0.3) is 5.91 Å². The van der Waals surface area contributed by atoms with Crippen LogP contribution in [0.25, 0.3) is 10.8 Å². The molecular weight excluding hydrogens is 516 g/mol. The van der Waals surface area contributed by atoms with E-state index in [1.165, 1.54) is 16.9 Å². The lowest BCUT2D eigenvalue weighted by Crippen LogP contribution is -2.53. The average molecular weight is 547 g/mol. The number of ether oxygens (including phenoxy) is 1. The number of carboxylic acids is 1. The molecule has 1 heterocycles. The van der Waals surface area contributed by atoms with Crippen molar-refractivity contribution in [3.63, 3.8) is 0 Å². The molecule has 0 spiro atoms. The van der Waals surface area contributed by atoms with Crippen molar-refractivity contribution in [3.8, 4) is 0 Å². The summed E-state index contributed by atoms with van der Waals surface area (Å²) >= 11 is 0. The number of fused-ring (bicyclic) bond motifs is 2. The van der Waals surface area contributed by atoms with E-state index in [1.807, 2.05) is 42.5 Å². The van der Waals surface area contributed by atoms with Crippen molar-refractivity contribution >= 4 is 52.1 Å². The smallest absolute Gasteiger partial charge is 0.305 e. The molecule has 1 aliphatic rings. The molecule has 0 radical (unpaired) electrons. The van der Waals surface area contributed by atoms with Gasteiger partial charge in [0.1, 0.15) is 25.5 Å². The van der Waals surface area contributed by atoms with E-state index < -0.39 is 42.8 Å². The van der Waals surface area contributed by atoms with E-state index in [0.29, 0.717) is 24.2 Å². The molecule has 0 fully saturated rings. The molecule has 0 saturated carbocycles. The van der Waals surface area contributed by atoms with Crippen LogP contribution < -0.4 is 20.4 Å². The third-order valence-electron chi connectivity index (χ3n) is 6.53. The molecule has 1 aliphatic heterocycles. The van der Waals surface area contributed by atoms with Crippen LogP contribution in [0.5, 0.6) is 0 Å². The van der Waals surface area contributed by atoms with Gasteiger partial charge in [-0.1, -0.05) is 48.5 Å². The predicted molar refractivity (Wildman–Crippen MR) is 148 cm³/mol. The van der Waals surface area contributed by atoms with E-state index in [1.54, 1.807) is 24.3 Å². The number of carboxylic acid groups (broad SMARTS) is 1. The number of rotatable bonds is 11. The summed E-state index contributed by atoms with van der Waals surface area (Å²) in [6.07, 6.45) is -0.252. The van der Waals surface area contributed by atoms with Crippen LogP contribution in [0.3, 0.4) is 0 Å². The minimum Gasteiger partial charge on any atom is -0.481 e. The number of para-hydroxylation sites is 2. The molecule has 4 rings (SSSR count). The molecule has 1 unspecified atom stereocenters. The van der Waals surface area contributed by atoms with E-state index in [9.17, 15) is 24.0 Å². The van der Waals surface area contributed by atoms with Crippen molar-refractivity contribution in [2.75, 3.05) is 36.6 Å². The second kappa shape index (κ2) is 13.0. The minimum absolute atomic E-state index is 0.0142. The first-order chi connectivity index (χ1) is 19.3. The zero-order chi connectivity index (χ0) is 28.6. The maximum absolute atomic E-state index is 13.9. The predicted octanol–water partition coefficient (Wildman–Crippen LogP) is 1.48. The second-order valence-corrected chi connectivity index (χ2v) is 9.37. The van der Waals surface area contributed by atoms with E-state index >= 15 is 0 Å². The highest BCUT2D eigenvalue weighted by molar-refractivity contribution is 6.09. The van der Waals surface area contributed by atoms with E-state index in [0.717, 1.165) is 16.3 Å². The van der Waals surface area contributed by atoms with Crippen LogP contribution in [0.2, 0.25) is 0 Å². The molecule has 3 aromatic carbocycles. The molecule has 208 valence electrons. The molecule has 0 aromatic heterocycles. The number of aliphatic carboxylic acids is 1. The van der Waals surface area contributed by atoms with Crippen LogP contribution in [0.1, 0.15) is 12.0 Å². The molecule has 11 heteroatoms. The van der Waals surface area contributed by atoms with Crippen molar-refractivity contribution < 1.29 is 33.8 Å². The van der Waals surface area contributed by atoms with Crippen LogP contribution in [0.4, 0.5) is 11.4 Å².